The van der Waals surface area contributed by atoms with Crippen LogP contribution in [0.1, 0.15) is 33.2 Å². The molecule has 0 saturated carbocycles. The molecule has 0 bridgehead atoms. The number of amides is 2. The predicted molar refractivity (Wildman–Crippen MR) is 130 cm³/mol. The van der Waals surface area contributed by atoms with Gasteiger partial charge in [0.25, 0.3) is 11.8 Å². The zero-order valence-corrected chi connectivity index (χ0v) is 21.2. The second-order valence-electron chi connectivity index (χ2n) is 8.50. The van der Waals surface area contributed by atoms with Crippen molar-refractivity contribution in [3.8, 4) is 11.5 Å². The molecule has 2 amide bonds. The van der Waals surface area contributed by atoms with Crippen LogP contribution < -0.4 is 14.4 Å². The number of benzene rings is 3. The van der Waals surface area contributed by atoms with Crippen molar-refractivity contribution in [2.75, 3.05) is 24.7 Å². The van der Waals surface area contributed by atoms with Gasteiger partial charge >= 0.3 is 18.3 Å². The summed E-state index contributed by atoms with van der Waals surface area (Å²) < 4.78 is 92.2. The van der Waals surface area contributed by atoms with Gasteiger partial charge in [0.1, 0.15) is 11.5 Å². The van der Waals surface area contributed by atoms with Crippen molar-refractivity contribution in [2.45, 2.75) is 25.7 Å². The van der Waals surface area contributed by atoms with E-state index in [0.29, 0.717) is 10.5 Å². The van der Waals surface area contributed by atoms with Crippen LogP contribution in [-0.2, 0) is 16.0 Å². The molecule has 0 fully saturated rings. The molecule has 7 nitrogen and oxygen atoms in total. The Labute approximate surface area is 227 Å². The highest BCUT2D eigenvalue weighted by atomic mass is 35.5. The maximum Gasteiger partial charge on any atom is 0.422 e. The van der Waals surface area contributed by atoms with Crippen molar-refractivity contribution in [2.24, 2.45) is 0 Å². The van der Waals surface area contributed by atoms with Gasteiger partial charge in [0, 0.05) is 5.39 Å². The minimum Gasteiger partial charge on any atom is -0.483 e. The highest BCUT2D eigenvalue weighted by Gasteiger charge is 2.43. The van der Waals surface area contributed by atoms with Crippen molar-refractivity contribution in [1.82, 2.24) is 0 Å². The van der Waals surface area contributed by atoms with Crippen molar-refractivity contribution < 1.29 is 54.9 Å². The normalized spacial score (nSPS) is 13.6. The summed E-state index contributed by atoms with van der Waals surface area (Å²) in [6.45, 7) is -1.78. The van der Waals surface area contributed by atoms with Crippen molar-refractivity contribution in [3.63, 3.8) is 0 Å². The largest absolute Gasteiger partial charge is 0.483 e. The molecular formula is C26H18ClF6NO6. The first kappa shape index (κ1) is 29.0. The van der Waals surface area contributed by atoms with Gasteiger partial charge in [0.05, 0.1) is 34.9 Å². The Balaban J connectivity index is 1.84. The van der Waals surface area contributed by atoms with Crippen molar-refractivity contribution in [3.05, 3.63) is 64.2 Å². The molecule has 14 heteroatoms. The molecule has 4 rings (SSSR count). The van der Waals surface area contributed by atoms with E-state index in [4.69, 9.17) is 25.8 Å². The van der Waals surface area contributed by atoms with Crippen LogP contribution in [0.15, 0.2) is 42.5 Å². The van der Waals surface area contributed by atoms with E-state index in [1.807, 2.05) is 0 Å². The maximum atomic E-state index is 13.6. The number of hydrogen-bond donors (Lipinski definition) is 0. The summed E-state index contributed by atoms with van der Waals surface area (Å²) in [7, 11) is 0. The minimum atomic E-state index is -4.80. The van der Waals surface area contributed by atoms with Crippen LogP contribution in [0.2, 0.25) is 5.02 Å². The number of fused-ring (bicyclic) bond motifs is 3. The molecule has 0 N–H and O–H groups in total. The van der Waals surface area contributed by atoms with E-state index in [2.05, 4.69) is 0 Å². The van der Waals surface area contributed by atoms with E-state index in [1.165, 1.54) is 30.3 Å². The number of esters is 1. The molecule has 1 aliphatic heterocycles. The molecule has 3 aromatic carbocycles. The lowest BCUT2D eigenvalue weighted by molar-refractivity contribution is -0.153. The monoisotopic (exact) mass is 589 g/mol. The molecule has 0 unspecified atom stereocenters. The minimum absolute atomic E-state index is 0.00511. The fraction of sp³-hybridized carbons (Fsp3) is 0.269. The number of rotatable bonds is 8. The Morgan fingerprint density at radius 2 is 1.50 bits per heavy atom. The third-order valence-electron chi connectivity index (χ3n) is 5.61. The van der Waals surface area contributed by atoms with Crippen LogP contribution in [0.25, 0.3) is 10.8 Å². The van der Waals surface area contributed by atoms with Crippen LogP contribution in [0.3, 0.4) is 0 Å². The van der Waals surface area contributed by atoms with Crippen LogP contribution in [0, 0.1) is 0 Å². The molecule has 0 saturated heterocycles. The van der Waals surface area contributed by atoms with E-state index in [0.717, 1.165) is 12.1 Å². The summed E-state index contributed by atoms with van der Waals surface area (Å²) in [5.41, 5.74) is -0.907. The Morgan fingerprint density at radius 3 is 2.10 bits per heavy atom. The Bertz CT molecular complexity index is 1500. The van der Waals surface area contributed by atoms with Gasteiger partial charge in [0.15, 0.2) is 13.2 Å². The first-order valence-electron chi connectivity index (χ1n) is 11.5. The molecule has 212 valence electrons. The Hall–Kier alpha value is -4.00. The summed E-state index contributed by atoms with van der Waals surface area (Å²) in [6.07, 6.45) is -9.72. The first-order valence-corrected chi connectivity index (χ1v) is 11.9. The molecule has 0 atom stereocenters. The fourth-order valence-corrected chi connectivity index (χ4v) is 4.42. The van der Waals surface area contributed by atoms with Gasteiger partial charge in [-0.05, 0) is 42.1 Å². The van der Waals surface area contributed by atoms with Gasteiger partial charge in [-0.2, -0.15) is 26.3 Å². The number of ether oxygens (including phenoxy) is 3. The SMILES string of the molecule is CCOC(=O)Cc1ccc(N2C(=O)c3c(OCC(F)(F)F)cc4cccc(OCC(F)(F)F)c4c3C2=O)c(Cl)c1. The van der Waals surface area contributed by atoms with Gasteiger partial charge in [-0.25, -0.2) is 4.90 Å². The second-order valence-corrected chi connectivity index (χ2v) is 8.91. The summed E-state index contributed by atoms with van der Waals surface area (Å²) in [4.78, 5) is 39.5. The molecular weight excluding hydrogens is 572 g/mol. The van der Waals surface area contributed by atoms with Crippen molar-refractivity contribution >= 4 is 45.8 Å². The Morgan fingerprint density at radius 1 is 0.875 bits per heavy atom. The number of anilines is 1. The lowest BCUT2D eigenvalue weighted by Gasteiger charge is -2.16. The molecule has 1 aliphatic rings. The molecule has 0 aromatic heterocycles. The molecule has 0 radical (unpaired) electrons. The predicted octanol–water partition coefficient (Wildman–Crippen LogP) is 6.28. The molecule has 0 spiro atoms. The quantitative estimate of drug-likeness (QED) is 0.175. The third kappa shape index (κ3) is 6.09. The first-order chi connectivity index (χ1) is 18.7. The van der Waals surface area contributed by atoms with Gasteiger partial charge < -0.3 is 14.2 Å². The number of halogens is 7. The van der Waals surface area contributed by atoms with Gasteiger partial charge in [-0.3, -0.25) is 14.4 Å². The highest BCUT2D eigenvalue weighted by Crippen LogP contribution is 2.44. The number of carbonyl (C=O) groups excluding carboxylic acids is 3. The maximum absolute atomic E-state index is 13.6. The molecule has 40 heavy (non-hydrogen) atoms. The van der Waals surface area contributed by atoms with E-state index >= 15 is 0 Å². The van der Waals surface area contributed by atoms with E-state index in [-0.39, 0.29) is 34.5 Å². The average molecular weight is 590 g/mol. The summed E-state index contributed by atoms with van der Waals surface area (Å²) in [6, 6.07) is 8.66. The van der Waals surface area contributed by atoms with E-state index in [9.17, 15) is 40.7 Å². The zero-order valence-electron chi connectivity index (χ0n) is 20.4. The topological polar surface area (TPSA) is 82.1 Å². The number of carbonyl (C=O) groups is 3. The van der Waals surface area contributed by atoms with Gasteiger partial charge in [0.2, 0.25) is 0 Å². The highest BCUT2D eigenvalue weighted by molar-refractivity contribution is 6.42. The van der Waals surface area contributed by atoms with Gasteiger partial charge in [-0.1, -0.05) is 29.8 Å². The second kappa shape index (κ2) is 10.9. The van der Waals surface area contributed by atoms with Crippen LogP contribution in [0.4, 0.5) is 32.0 Å². The number of alkyl halides is 6. The number of hydrogen-bond acceptors (Lipinski definition) is 6. The van der Waals surface area contributed by atoms with E-state index < -0.39 is 66.0 Å². The standard InChI is InChI=1S/C26H18ClF6NO6/c1-2-38-19(35)9-13-6-7-16(15(27)8-13)34-23(36)21-18(40-12-26(31,32)33)10-14-4-3-5-17(39-11-25(28,29)30)20(14)22(21)24(34)37/h3-8,10H,2,9,11-12H2,1H3. The smallest absolute Gasteiger partial charge is 0.422 e. The number of imide groups is 1. The van der Waals surface area contributed by atoms with Gasteiger partial charge in [-0.15, -0.1) is 0 Å². The Kier molecular flexibility index (Phi) is 7.88. The summed E-state index contributed by atoms with van der Waals surface area (Å²) >= 11 is 6.33. The third-order valence-corrected chi connectivity index (χ3v) is 5.92. The molecule has 1 heterocycles. The lowest BCUT2D eigenvalue weighted by atomic mass is 9.98. The zero-order chi connectivity index (χ0) is 29.4. The van der Waals surface area contributed by atoms with Crippen LogP contribution in [-0.4, -0.2) is 50.0 Å². The van der Waals surface area contributed by atoms with E-state index in [1.54, 1.807) is 6.92 Å². The van der Waals surface area contributed by atoms with Crippen LogP contribution >= 0.6 is 11.6 Å². The number of nitrogens with zero attached hydrogens (tertiary/aromatic N) is 1. The molecule has 3 aromatic rings. The van der Waals surface area contributed by atoms with Crippen LogP contribution in [0.5, 0.6) is 11.5 Å². The summed E-state index contributed by atoms with van der Waals surface area (Å²) in [5, 5.41) is -0.390. The van der Waals surface area contributed by atoms with Crippen molar-refractivity contribution in [1.29, 1.82) is 0 Å². The average Bonchev–Trinajstić information content (AvgIpc) is 3.11. The fourth-order valence-electron chi connectivity index (χ4n) is 4.13. The lowest BCUT2D eigenvalue weighted by Crippen LogP contribution is -2.30. The molecule has 0 aliphatic carbocycles. The summed E-state index contributed by atoms with van der Waals surface area (Å²) in [5.74, 6) is -3.79.